The van der Waals surface area contributed by atoms with E-state index >= 15 is 0 Å². The quantitative estimate of drug-likeness (QED) is 0.218. The second-order valence-electron chi connectivity index (χ2n) is 0.575. The van der Waals surface area contributed by atoms with E-state index in [1.807, 2.05) is 0 Å². The van der Waals surface area contributed by atoms with Crippen LogP contribution >= 0.6 is 10.8 Å². The number of hydrogen-bond donors (Lipinski definition) is 0. The summed E-state index contributed by atoms with van der Waals surface area (Å²) in [5.41, 5.74) is 0. The molecule has 0 fully saturated rings. The van der Waals surface area contributed by atoms with Gasteiger partial charge in [-0.1, -0.05) is 0 Å². The van der Waals surface area contributed by atoms with Crippen LogP contribution < -0.4 is 51.4 Å². The van der Waals surface area contributed by atoms with E-state index in [1.54, 1.807) is 0 Å². The molecule has 0 aromatic heterocycles. The second kappa shape index (κ2) is 7.01. The van der Waals surface area contributed by atoms with Crippen LogP contribution in [0.15, 0.2) is 0 Å². The molecule has 6 heavy (non-hydrogen) atoms. The molecule has 0 aliphatic carbocycles. The van der Waals surface area contributed by atoms with Crippen molar-refractivity contribution in [2.24, 2.45) is 0 Å². The van der Waals surface area contributed by atoms with Crippen molar-refractivity contribution in [3.63, 3.8) is 0 Å². The van der Waals surface area contributed by atoms with Gasteiger partial charge in [0.05, 0.1) is 0 Å². The molecular formula is C2H3KOS2. The fourth-order valence-corrected chi connectivity index (χ4v) is 0. The van der Waals surface area contributed by atoms with Crippen molar-refractivity contribution in [1.82, 2.24) is 0 Å². The van der Waals surface area contributed by atoms with Crippen LogP contribution in [0.4, 0.5) is 0 Å². The smallest absolute Gasteiger partial charge is 0.711 e. The Morgan fingerprint density at radius 1 is 1.83 bits per heavy atom. The largest absolute Gasteiger partial charge is 1.00 e. The molecular weight excluding hydrogens is 143 g/mol. The molecule has 1 nitrogen and oxygen atoms in total. The molecule has 0 bridgehead atoms. The first kappa shape index (κ1) is 10.9. The van der Waals surface area contributed by atoms with Crippen molar-refractivity contribution < 1.29 is 56.2 Å². The summed E-state index contributed by atoms with van der Waals surface area (Å²) in [4.78, 5) is 9.67. The molecule has 0 aromatic rings. The van der Waals surface area contributed by atoms with Crippen molar-refractivity contribution >= 4 is 27.6 Å². The van der Waals surface area contributed by atoms with Crippen molar-refractivity contribution in [1.29, 1.82) is 0 Å². The van der Waals surface area contributed by atoms with E-state index in [4.69, 9.17) is 0 Å². The van der Waals surface area contributed by atoms with Gasteiger partial charge in [0.15, 0.2) is 5.12 Å². The monoisotopic (exact) mass is 146 g/mol. The van der Waals surface area contributed by atoms with Gasteiger partial charge in [-0.25, -0.2) is 0 Å². The number of carbonyl (C=O) groups excluding carboxylic acids is 1. The minimum absolute atomic E-state index is 0. The summed E-state index contributed by atoms with van der Waals surface area (Å²) in [6, 6.07) is 0. The van der Waals surface area contributed by atoms with Gasteiger partial charge in [0, 0.05) is 6.92 Å². The minimum atomic E-state index is -0.0139. The summed E-state index contributed by atoms with van der Waals surface area (Å²) in [6.45, 7) is 1.44. The van der Waals surface area contributed by atoms with Crippen LogP contribution in [0.2, 0.25) is 0 Å². The number of hydrogen-bond acceptors (Lipinski definition) is 3. The van der Waals surface area contributed by atoms with E-state index in [1.165, 1.54) is 6.92 Å². The zero-order valence-corrected chi connectivity index (χ0v) is 8.48. The Kier molecular flexibility index (Phi) is 12.7. The average Bonchev–Trinajstić information content (AvgIpc) is 1.38. The van der Waals surface area contributed by atoms with Crippen LogP contribution in [0, 0.1) is 0 Å². The molecule has 0 heterocycles. The molecule has 4 heteroatoms. The van der Waals surface area contributed by atoms with Crippen LogP contribution in [-0.4, -0.2) is 5.12 Å². The predicted molar refractivity (Wildman–Crippen MR) is 25.6 cm³/mol. The first-order chi connectivity index (χ1) is 2.27. The number of rotatable bonds is 0. The van der Waals surface area contributed by atoms with E-state index in [2.05, 4.69) is 11.7 Å². The standard InChI is InChI=1S/C2H4OS2.K/c1-2(3)5-4;/h4H,1H3;/q;+1/p-1. The Hall–Kier alpha value is 2.01. The molecule has 0 atom stereocenters. The van der Waals surface area contributed by atoms with Gasteiger partial charge in [0.25, 0.3) is 0 Å². The molecule has 0 rings (SSSR count). The Labute approximate surface area is 88.9 Å². The maximum absolute atomic E-state index is 9.67. The fourth-order valence-electron chi connectivity index (χ4n) is 0. The van der Waals surface area contributed by atoms with Crippen LogP contribution in [0.5, 0.6) is 0 Å². The summed E-state index contributed by atoms with van der Waals surface area (Å²) < 4.78 is 0. The third-order valence-electron chi connectivity index (χ3n) is 0.117. The molecule has 0 aromatic carbocycles. The van der Waals surface area contributed by atoms with Gasteiger partial charge in [-0.15, -0.1) is 0 Å². The summed E-state index contributed by atoms with van der Waals surface area (Å²) in [7, 11) is 0.824. The maximum Gasteiger partial charge on any atom is 1.00 e. The Bertz CT molecular complexity index is 46.8. The predicted octanol–water partition coefficient (Wildman–Crippen LogP) is -2.27. The molecule has 0 aliphatic heterocycles. The van der Waals surface area contributed by atoms with Crippen LogP contribution in [0.1, 0.15) is 6.92 Å². The van der Waals surface area contributed by atoms with Gasteiger partial charge in [0.1, 0.15) is 0 Å². The van der Waals surface area contributed by atoms with Crippen LogP contribution in [0.25, 0.3) is 0 Å². The molecule has 0 saturated carbocycles. The molecule has 0 N–H and O–H groups in total. The normalized spacial score (nSPS) is 6.33. The van der Waals surface area contributed by atoms with E-state index in [0.29, 0.717) is 0 Å². The summed E-state index contributed by atoms with van der Waals surface area (Å²) in [6.07, 6.45) is 0. The average molecular weight is 146 g/mol. The SMILES string of the molecule is CC(=O)S[S-].[K+]. The third kappa shape index (κ3) is 9.38. The van der Waals surface area contributed by atoms with Crippen molar-refractivity contribution in [2.75, 3.05) is 0 Å². The van der Waals surface area contributed by atoms with Crippen LogP contribution in [-0.2, 0) is 16.5 Å². The van der Waals surface area contributed by atoms with Crippen molar-refractivity contribution in [3.05, 3.63) is 0 Å². The van der Waals surface area contributed by atoms with E-state index in [9.17, 15) is 4.79 Å². The molecule has 0 amide bonds. The summed E-state index contributed by atoms with van der Waals surface area (Å²) in [5, 5.41) is -0.0139. The zero-order chi connectivity index (χ0) is 4.28. The topological polar surface area (TPSA) is 17.1 Å². The summed E-state index contributed by atoms with van der Waals surface area (Å²) in [5.74, 6) is 0. The Morgan fingerprint density at radius 3 is 2.00 bits per heavy atom. The van der Waals surface area contributed by atoms with E-state index in [-0.39, 0.29) is 56.5 Å². The molecule has 0 aliphatic rings. The Balaban J connectivity index is 0. The summed E-state index contributed by atoms with van der Waals surface area (Å²) >= 11 is 4.24. The third-order valence-corrected chi connectivity index (χ3v) is 1.06. The van der Waals surface area contributed by atoms with E-state index in [0.717, 1.165) is 10.8 Å². The van der Waals surface area contributed by atoms with Gasteiger partial charge in [-0.05, 0) is 0 Å². The molecule has 0 radical (unpaired) electrons. The number of carbonyl (C=O) groups is 1. The molecule has 0 unspecified atom stereocenters. The zero-order valence-electron chi connectivity index (χ0n) is 3.72. The van der Waals surface area contributed by atoms with Crippen molar-refractivity contribution in [2.45, 2.75) is 6.92 Å². The first-order valence-corrected chi connectivity index (χ1v) is 2.82. The van der Waals surface area contributed by atoms with E-state index < -0.39 is 0 Å². The molecule has 0 spiro atoms. The van der Waals surface area contributed by atoms with Gasteiger partial charge < -0.3 is 11.7 Å². The van der Waals surface area contributed by atoms with Gasteiger partial charge in [0.2, 0.25) is 0 Å². The minimum Gasteiger partial charge on any atom is -0.711 e. The Morgan fingerprint density at radius 2 is 2.00 bits per heavy atom. The first-order valence-electron chi connectivity index (χ1n) is 1.07. The van der Waals surface area contributed by atoms with Gasteiger partial charge in [-0.2, -0.15) is 0 Å². The van der Waals surface area contributed by atoms with Crippen molar-refractivity contribution in [3.8, 4) is 0 Å². The molecule has 0 saturated heterocycles. The maximum atomic E-state index is 9.67. The van der Waals surface area contributed by atoms with Crippen LogP contribution in [0.3, 0.4) is 0 Å². The fraction of sp³-hybridized carbons (Fsp3) is 0.500. The van der Waals surface area contributed by atoms with Gasteiger partial charge >= 0.3 is 51.4 Å². The second-order valence-corrected chi connectivity index (χ2v) is 1.82. The molecule has 30 valence electrons. The van der Waals surface area contributed by atoms with Gasteiger partial charge in [-0.3, -0.25) is 15.6 Å².